The molecular weight excluding hydrogens is 599 g/mol. The Kier molecular flexibility index (Phi) is 12.2. The number of carbonyl (C=O) groups is 2. The number of halogens is 3. The summed E-state index contributed by atoms with van der Waals surface area (Å²) in [6, 6.07) is 20.0. The SMILES string of the molecule is CCCCNC(=O)C(Cc1ccccc1)N(Cc1ccc(Cl)c(Cl)c1)C(=O)COc1ccc(C(C)C)cc1Br. The minimum atomic E-state index is -0.749. The standard InChI is InChI=1S/C31H35BrCl2N2O3/c1-4-5-15-35-31(38)28(17-22-9-7-6-8-10-22)36(19-23-11-13-26(33)27(34)16-23)30(37)20-39-29-14-12-24(21(2)3)18-25(29)32/h6-14,16,18,21,28H,4-5,15,17,19-20H2,1-3H3,(H,35,38). The number of benzene rings is 3. The Morgan fingerprint density at radius 3 is 2.36 bits per heavy atom. The molecular formula is C31H35BrCl2N2O3. The predicted octanol–water partition coefficient (Wildman–Crippen LogP) is 7.81. The van der Waals surface area contributed by atoms with Crippen LogP contribution in [0.15, 0.2) is 71.2 Å². The highest BCUT2D eigenvalue weighted by Gasteiger charge is 2.31. The lowest BCUT2D eigenvalue weighted by molar-refractivity contribution is -0.142. The van der Waals surface area contributed by atoms with Gasteiger partial charge in [-0.15, -0.1) is 0 Å². The van der Waals surface area contributed by atoms with Gasteiger partial charge >= 0.3 is 0 Å². The molecule has 0 aliphatic heterocycles. The highest BCUT2D eigenvalue weighted by atomic mass is 79.9. The second kappa shape index (κ2) is 15.3. The Morgan fingerprint density at radius 2 is 1.72 bits per heavy atom. The normalized spacial score (nSPS) is 11.8. The van der Waals surface area contributed by atoms with Crippen molar-refractivity contribution >= 4 is 50.9 Å². The van der Waals surface area contributed by atoms with Crippen LogP contribution in [0.2, 0.25) is 10.0 Å². The Hall–Kier alpha value is -2.54. The molecule has 0 aliphatic carbocycles. The Balaban J connectivity index is 1.91. The summed E-state index contributed by atoms with van der Waals surface area (Å²) in [4.78, 5) is 28.9. The second-order valence-electron chi connectivity index (χ2n) is 9.75. The molecule has 0 aromatic heterocycles. The third kappa shape index (κ3) is 9.26. The molecule has 2 amide bonds. The van der Waals surface area contributed by atoms with Crippen LogP contribution in [0, 0.1) is 0 Å². The van der Waals surface area contributed by atoms with Gasteiger partial charge in [-0.25, -0.2) is 0 Å². The molecule has 208 valence electrons. The third-order valence-electron chi connectivity index (χ3n) is 6.41. The van der Waals surface area contributed by atoms with Gasteiger partial charge in [-0.2, -0.15) is 0 Å². The number of unbranched alkanes of at least 4 members (excludes halogenated alkanes) is 1. The maximum absolute atomic E-state index is 13.8. The quantitative estimate of drug-likeness (QED) is 0.195. The smallest absolute Gasteiger partial charge is 0.261 e. The van der Waals surface area contributed by atoms with Gasteiger partial charge in [0.2, 0.25) is 5.91 Å². The molecule has 3 rings (SSSR count). The summed E-state index contributed by atoms with van der Waals surface area (Å²) in [7, 11) is 0. The van der Waals surface area contributed by atoms with E-state index < -0.39 is 6.04 Å². The molecule has 0 saturated heterocycles. The molecule has 0 fully saturated rings. The number of hydrogen-bond acceptors (Lipinski definition) is 3. The molecule has 39 heavy (non-hydrogen) atoms. The van der Waals surface area contributed by atoms with Crippen molar-refractivity contribution in [2.24, 2.45) is 0 Å². The van der Waals surface area contributed by atoms with E-state index >= 15 is 0 Å². The number of amides is 2. The minimum Gasteiger partial charge on any atom is -0.483 e. The zero-order valence-corrected chi connectivity index (χ0v) is 25.7. The number of rotatable bonds is 13. The number of ether oxygens (including phenoxy) is 1. The topological polar surface area (TPSA) is 58.6 Å². The molecule has 0 bridgehead atoms. The third-order valence-corrected chi connectivity index (χ3v) is 7.77. The van der Waals surface area contributed by atoms with Crippen LogP contribution in [-0.4, -0.2) is 35.9 Å². The van der Waals surface area contributed by atoms with E-state index in [-0.39, 0.29) is 25.0 Å². The van der Waals surface area contributed by atoms with Crippen molar-refractivity contribution in [3.63, 3.8) is 0 Å². The van der Waals surface area contributed by atoms with Crippen LogP contribution in [-0.2, 0) is 22.6 Å². The molecule has 1 unspecified atom stereocenters. The molecule has 1 atom stereocenters. The molecule has 0 spiro atoms. The van der Waals surface area contributed by atoms with Gasteiger partial charge in [-0.3, -0.25) is 9.59 Å². The van der Waals surface area contributed by atoms with Gasteiger partial charge in [-0.1, -0.05) is 92.9 Å². The first-order chi connectivity index (χ1) is 18.7. The number of hydrogen-bond donors (Lipinski definition) is 1. The fourth-order valence-corrected chi connectivity index (χ4v) is 4.94. The number of nitrogens with zero attached hydrogens (tertiary/aromatic N) is 1. The lowest BCUT2D eigenvalue weighted by atomic mass is 10.0. The maximum Gasteiger partial charge on any atom is 0.261 e. The van der Waals surface area contributed by atoms with E-state index in [1.807, 2.05) is 54.6 Å². The summed E-state index contributed by atoms with van der Waals surface area (Å²) in [6.45, 7) is 6.79. The van der Waals surface area contributed by atoms with Crippen LogP contribution in [0.5, 0.6) is 5.75 Å². The molecule has 3 aromatic rings. The zero-order valence-electron chi connectivity index (χ0n) is 22.6. The van der Waals surface area contributed by atoms with Crippen molar-refractivity contribution < 1.29 is 14.3 Å². The van der Waals surface area contributed by atoms with Crippen molar-refractivity contribution in [2.75, 3.05) is 13.2 Å². The molecule has 0 heterocycles. The van der Waals surface area contributed by atoms with Gasteiger partial charge < -0.3 is 15.0 Å². The Morgan fingerprint density at radius 1 is 0.974 bits per heavy atom. The number of nitrogens with one attached hydrogen (secondary N) is 1. The van der Waals surface area contributed by atoms with E-state index in [1.165, 1.54) is 0 Å². The summed E-state index contributed by atoms with van der Waals surface area (Å²) in [5, 5.41) is 3.83. The van der Waals surface area contributed by atoms with Crippen molar-refractivity contribution in [3.8, 4) is 5.75 Å². The molecule has 0 radical (unpaired) electrons. The average molecular weight is 634 g/mol. The van der Waals surface area contributed by atoms with Crippen LogP contribution < -0.4 is 10.1 Å². The largest absolute Gasteiger partial charge is 0.483 e. The van der Waals surface area contributed by atoms with Gasteiger partial charge in [0.05, 0.1) is 14.5 Å². The minimum absolute atomic E-state index is 0.172. The summed E-state index contributed by atoms with van der Waals surface area (Å²) >= 11 is 16.0. The monoisotopic (exact) mass is 632 g/mol. The molecule has 5 nitrogen and oxygen atoms in total. The number of carbonyl (C=O) groups excluding carboxylic acids is 2. The van der Waals surface area contributed by atoms with Crippen LogP contribution in [0.4, 0.5) is 0 Å². The van der Waals surface area contributed by atoms with Crippen LogP contribution in [0.1, 0.15) is 56.2 Å². The summed E-state index contributed by atoms with van der Waals surface area (Å²) in [5.41, 5.74) is 2.88. The fourth-order valence-electron chi connectivity index (χ4n) is 4.11. The van der Waals surface area contributed by atoms with Crippen molar-refractivity contribution in [3.05, 3.63) is 97.9 Å². The summed E-state index contributed by atoms with van der Waals surface area (Å²) in [5.74, 6) is 0.411. The zero-order chi connectivity index (χ0) is 28.4. The highest BCUT2D eigenvalue weighted by Crippen LogP contribution is 2.29. The molecule has 3 aromatic carbocycles. The van der Waals surface area contributed by atoms with Crippen LogP contribution >= 0.6 is 39.1 Å². The van der Waals surface area contributed by atoms with E-state index in [0.717, 1.165) is 34.0 Å². The van der Waals surface area contributed by atoms with Gasteiger partial charge in [-0.05, 0) is 69.2 Å². The van der Waals surface area contributed by atoms with Crippen LogP contribution in [0.25, 0.3) is 0 Å². The first-order valence-corrected chi connectivity index (χ1v) is 14.7. The average Bonchev–Trinajstić information content (AvgIpc) is 2.92. The first kappa shape index (κ1) is 31.0. The lowest BCUT2D eigenvalue weighted by Gasteiger charge is -2.31. The first-order valence-electron chi connectivity index (χ1n) is 13.2. The molecule has 8 heteroatoms. The molecule has 1 N–H and O–H groups in total. The maximum atomic E-state index is 13.8. The second-order valence-corrected chi connectivity index (χ2v) is 11.4. The van der Waals surface area contributed by atoms with Gasteiger partial charge in [0.25, 0.3) is 5.91 Å². The van der Waals surface area contributed by atoms with Gasteiger partial charge in [0.1, 0.15) is 11.8 Å². The highest BCUT2D eigenvalue weighted by molar-refractivity contribution is 9.10. The summed E-state index contributed by atoms with van der Waals surface area (Å²) in [6.07, 6.45) is 2.17. The molecule has 0 aliphatic rings. The van der Waals surface area contributed by atoms with Gasteiger partial charge in [0, 0.05) is 19.5 Å². The van der Waals surface area contributed by atoms with E-state index in [9.17, 15) is 9.59 Å². The lowest BCUT2D eigenvalue weighted by Crippen LogP contribution is -2.51. The fraction of sp³-hybridized carbons (Fsp3) is 0.355. The van der Waals surface area contributed by atoms with Crippen molar-refractivity contribution in [1.82, 2.24) is 10.2 Å². The Bertz CT molecular complexity index is 1250. The molecule has 0 saturated carbocycles. The van der Waals surface area contributed by atoms with E-state index in [1.54, 1.807) is 17.0 Å². The van der Waals surface area contributed by atoms with E-state index in [4.69, 9.17) is 27.9 Å². The van der Waals surface area contributed by atoms with E-state index in [2.05, 4.69) is 42.0 Å². The Labute approximate surface area is 250 Å². The predicted molar refractivity (Wildman–Crippen MR) is 163 cm³/mol. The van der Waals surface area contributed by atoms with Gasteiger partial charge in [0.15, 0.2) is 6.61 Å². The van der Waals surface area contributed by atoms with E-state index in [0.29, 0.717) is 34.7 Å². The van der Waals surface area contributed by atoms with Crippen molar-refractivity contribution in [2.45, 2.75) is 58.5 Å². The van der Waals surface area contributed by atoms with Crippen LogP contribution in [0.3, 0.4) is 0 Å². The summed E-state index contributed by atoms with van der Waals surface area (Å²) < 4.78 is 6.73. The van der Waals surface area contributed by atoms with Crippen molar-refractivity contribution in [1.29, 1.82) is 0 Å².